The second-order valence-corrected chi connectivity index (χ2v) is 7.76. The smallest absolute Gasteiger partial charge is 0.259 e. The molecule has 0 atom stereocenters. The Balaban J connectivity index is 1.68. The first-order chi connectivity index (χ1) is 16.1. The number of nitriles is 1. The number of halogens is 1. The molecule has 0 aliphatic heterocycles. The van der Waals surface area contributed by atoms with Crippen LogP contribution in [0.5, 0.6) is 0 Å². The number of nitrogens with one attached hydrogen (secondary N) is 1. The Bertz CT molecular complexity index is 1600. The lowest BCUT2D eigenvalue weighted by molar-refractivity contribution is 0.884. The topological polar surface area (TPSA) is 87.4 Å². The van der Waals surface area contributed by atoms with Gasteiger partial charge < -0.3 is 4.98 Å². The molecule has 0 saturated carbocycles. The predicted octanol–water partition coefficient (Wildman–Crippen LogP) is 5.49. The highest BCUT2D eigenvalue weighted by atomic mass is 35.5. The van der Waals surface area contributed by atoms with E-state index in [4.69, 9.17) is 16.7 Å². The number of H-pyrrole nitrogens is 1. The first-order valence-electron chi connectivity index (χ1n) is 10.1. The molecule has 1 N–H and O–H groups in total. The largest absolute Gasteiger partial charge is 0.305 e. The van der Waals surface area contributed by atoms with Crippen molar-refractivity contribution in [3.63, 3.8) is 0 Å². The molecule has 0 aliphatic rings. The number of rotatable bonds is 4. The van der Waals surface area contributed by atoms with Crippen molar-refractivity contribution in [1.82, 2.24) is 19.7 Å². The highest BCUT2D eigenvalue weighted by Crippen LogP contribution is 2.27. The van der Waals surface area contributed by atoms with Crippen LogP contribution in [0.2, 0.25) is 5.02 Å². The van der Waals surface area contributed by atoms with Crippen LogP contribution in [0.25, 0.3) is 39.5 Å². The Morgan fingerprint density at radius 2 is 1.76 bits per heavy atom. The maximum absolute atomic E-state index is 12.6. The standard InChI is InChI=1S/C26H16ClN5O/c27-20-11-12-23-22(14-20)26(33)30-25(29-23)18(15-28)13-19-16-32(21-9-5-2-6-10-21)31-24(19)17-7-3-1-4-8-17/h1-14,16H,(H,29,30,33). The van der Waals surface area contributed by atoms with Gasteiger partial charge in [-0.1, -0.05) is 60.1 Å². The molecule has 0 saturated heterocycles. The summed E-state index contributed by atoms with van der Waals surface area (Å²) in [4.78, 5) is 19.8. The second kappa shape index (κ2) is 8.58. The molecule has 7 heteroatoms. The van der Waals surface area contributed by atoms with Crippen molar-refractivity contribution in [3.8, 4) is 23.0 Å². The summed E-state index contributed by atoms with van der Waals surface area (Å²) in [6.07, 6.45) is 3.54. The Hall–Kier alpha value is -4.47. The molecule has 0 radical (unpaired) electrons. The molecule has 0 unspecified atom stereocenters. The van der Waals surface area contributed by atoms with Crippen LogP contribution in [0.3, 0.4) is 0 Å². The SMILES string of the molecule is N#CC(=Cc1cn(-c2ccccc2)nc1-c1ccccc1)c1nc2ccc(Cl)cc2c(=O)[nH]1. The van der Waals surface area contributed by atoms with Crippen molar-refractivity contribution >= 4 is 34.2 Å². The molecule has 2 aromatic heterocycles. The van der Waals surface area contributed by atoms with Gasteiger partial charge in [0.25, 0.3) is 5.56 Å². The molecule has 0 aliphatic carbocycles. The third-order valence-corrected chi connectivity index (χ3v) is 5.39. The summed E-state index contributed by atoms with van der Waals surface area (Å²) < 4.78 is 1.77. The van der Waals surface area contributed by atoms with Gasteiger partial charge in [-0.3, -0.25) is 4.79 Å². The first kappa shape index (κ1) is 20.4. The van der Waals surface area contributed by atoms with Crippen molar-refractivity contribution in [3.05, 3.63) is 112 Å². The first-order valence-corrected chi connectivity index (χ1v) is 10.5. The lowest BCUT2D eigenvalue weighted by atomic mass is 10.1. The number of benzene rings is 3. The van der Waals surface area contributed by atoms with E-state index in [9.17, 15) is 10.1 Å². The van der Waals surface area contributed by atoms with Gasteiger partial charge in [0.2, 0.25) is 0 Å². The Labute approximate surface area is 194 Å². The molecule has 0 fully saturated rings. The summed E-state index contributed by atoms with van der Waals surface area (Å²) in [5, 5.41) is 15.5. The zero-order chi connectivity index (χ0) is 22.8. The molecule has 158 valence electrons. The van der Waals surface area contributed by atoms with Crippen molar-refractivity contribution in [2.24, 2.45) is 0 Å². The van der Waals surface area contributed by atoms with Gasteiger partial charge in [-0.2, -0.15) is 10.4 Å². The van der Waals surface area contributed by atoms with E-state index < -0.39 is 0 Å². The minimum Gasteiger partial charge on any atom is -0.305 e. The van der Waals surface area contributed by atoms with E-state index >= 15 is 0 Å². The van der Waals surface area contributed by atoms with Gasteiger partial charge >= 0.3 is 0 Å². The Morgan fingerprint density at radius 1 is 1.03 bits per heavy atom. The fourth-order valence-electron chi connectivity index (χ4n) is 3.57. The van der Waals surface area contributed by atoms with Crippen LogP contribution in [-0.2, 0) is 0 Å². The third kappa shape index (κ3) is 4.05. The molecule has 0 bridgehead atoms. The Kier molecular flexibility index (Phi) is 5.31. The molecule has 33 heavy (non-hydrogen) atoms. The fraction of sp³-hybridized carbons (Fsp3) is 0. The van der Waals surface area contributed by atoms with Gasteiger partial charge in [-0.05, 0) is 36.4 Å². The van der Waals surface area contributed by atoms with Gasteiger partial charge in [-0.15, -0.1) is 0 Å². The van der Waals surface area contributed by atoms with Crippen LogP contribution in [0.4, 0.5) is 0 Å². The van der Waals surface area contributed by atoms with E-state index in [0.717, 1.165) is 16.8 Å². The number of para-hydroxylation sites is 1. The average Bonchev–Trinajstić information content (AvgIpc) is 3.28. The summed E-state index contributed by atoms with van der Waals surface area (Å²) >= 11 is 6.00. The molecule has 5 aromatic rings. The lowest BCUT2D eigenvalue weighted by Gasteiger charge is -2.03. The van der Waals surface area contributed by atoms with Crippen LogP contribution in [0.15, 0.2) is 89.9 Å². The number of hydrogen-bond acceptors (Lipinski definition) is 4. The number of aromatic nitrogens is 4. The third-order valence-electron chi connectivity index (χ3n) is 5.15. The number of aromatic amines is 1. The van der Waals surface area contributed by atoms with E-state index in [-0.39, 0.29) is 17.0 Å². The van der Waals surface area contributed by atoms with Crippen molar-refractivity contribution in [1.29, 1.82) is 5.26 Å². The van der Waals surface area contributed by atoms with Gasteiger partial charge in [0, 0.05) is 22.3 Å². The molecular formula is C26H16ClN5O. The summed E-state index contributed by atoms with van der Waals surface area (Å²) in [6, 6.07) is 26.5. The molecule has 0 spiro atoms. The molecule has 2 heterocycles. The van der Waals surface area contributed by atoms with E-state index in [1.165, 1.54) is 0 Å². The average molecular weight is 450 g/mol. The van der Waals surface area contributed by atoms with Gasteiger partial charge in [-0.25, -0.2) is 9.67 Å². The fourth-order valence-corrected chi connectivity index (χ4v) is 3.75. The molecule has 0 amide bonds. The number of nitrogens with zero attached hydrogens (tertiary/aromatic N) is 4. The quantitative estimate of drug-likeness (QED) is 0.367. The van der Waals surface area contributed by atoms with E-state index in [0.29, 0.717) is 21.6 Å². The van der Waals surface area contributed by atoms with Crippen LogP contribution < -0.4 is 5.56 Å². The van der Waals surface area contributed by atoms with Gasteiger partial charge in [0.1, 0.15) is 6.07 Å². The van der Waals surface area contributed by atoms with E-state index in [1.807, 2.05) is 66.9 Å². The van der Waals surface area contributed by atoms with Crippen molar-refractivity contribution < 1.29 is 0 Å². The summed E-state index contributed by atoms with van der Waals surface area (Å²) in [5.41, 5.74) is 3.55. The van der Waals surface area contributed by atoms with Gasteiger partial charge in [0.05, 0.1) is 27.9 Å². The van der Waals surface area contributed by atoms with Crippen LogP contribution in [0.1, 0.15) is 11.4 Å². The minimum absolute atomic E-state index is 0.184. The van der Waals surface area contributed by atoms with Crippen molar-refractivity contribution in [2.75, 3.05) is 0 Å². The summed E-state index contributed by atoms with van der Waals surface area (Å²) in [6.45, 7) is 0. The highest BCUT2D eigenvalue weighted by Gasteiger charge is 2.14. The highest BCUT2D eigenvalue weighted by molar-refractivity contribution is 6.31. The van der Waals surface area contributed by atoms with Crippen molar-refractivity contribution in [2.45, 2.75) is 0 Å². The summed E-state index contributed by atoms with van der Waals surface area (Å²) in [7, 11) is 0. The molecule has 6 nitrogen and oxygen atoms in total. The van der Waals surface area contributed by atoms with Crippen LogP contribution in [-0.4, -0.2) is 19.7 Å². The number of allylic oxidation sites excluding steroid dienone is 1. The molecular weight excluding hydrogens is 434 g/mol. The predicted molar refractivity (Wildman–Crippen MR) is 130 cm³/mol. The molecule has 3 aromatic carbocycles. The number of fused-ring (bicyclic) bond motifs is 1. The summed E-state index contributed by atoms with van der Waals surface area (Å²) in [5.74, 6) is 0.184. The van der Waals surface area contributed by atoms with E-state index in [2.05, 4.69) is 16.0 Å². The van der Waals surface area contributed by atoms with Crippen LogP contribution >= 0.6 is 11.6 Å². The Morgan fingerprint density at radius 3 is 2.48 bits per heavy atom. The zero-order valence-electron chi connectivity index (χ0n) is 17.2. The number of hydrogen-bond donors (Lipinski definition) is 1. The zero-order valence-corrected chi connectivity index (χ0v) is 18.0. The normalized spacial score (nSPS) is 11.5. The second-order valence-electron chi connectivity index (χ2n) is 7.33. The maximum atomic E-state index is 12.6. The maximum Gasteiger partial charge on any atom is 0.259 e. The van der Waals surface area contributed by atoms with Gasteiger partial charge in [0.15, 0.2) is 5.82 Å². The monoisotopic (exact) mass is 449 g/mol. The molecule has 5 rings (SSSR count). The van der Waals surface area contributed by atoms with E-state index in [1.54, 1.807) is 29.0 Å². The van der Waals surface area contributed by atoms with Crippen LogP contribution in [0, 0.1) is 11.3 Å². The minimum atomic E-state index is -0.359. The lowest BCUT2D eigenvalue weighted by Crippen LogP contribution is -2.11.